The Hall–Kier alpha value is -2.73. The van der Waals surface area contributed by atoms with Crippen LogP contribution in [-0.4, -0.2) is 56.4 Å². The molecular formula is C26H33NO5. The summed E-state index contributed by atoms with van der Waals surface area (Å²) in [6, 6.07) is 13.6. The number of nitrogens with zero attached hydrogens (tertiary/aromatic N) is 1. The molecule has 0 aliphatic carbocycles. The highest BCUT2D eigenvalue weighted by atomic mass is 16.5. The fourth-order valence-corrected chi connectivity index (χ4v) is 4.85. The highest BCUT2D eigenvalue weighted by molar-refractivity contribution is 5.95. The molecule has 2 aliphatic heterocycles. The number of likely N-dealkylation sites (tertiary alicyclic amines) is 1. The van der Waals surface area contributed by atoms with Crippen molar-refractivity contribution in [2.45, 2.75) is 50.7 Å². The average molecular weight is 440 g/mol. The van der Waals surface area contributed by atoms with Crippen molar-refractivity contribution in [2.24, 2.45) is 0 Å². The normalized spacial score (nSPS) is 19.4. The molecular weight excluding hydrogens is 406 g/mol. The molecule has 1 atom stereocenters. The van der Waals surface area contributed by atoms with Crippen LogP contribution in [0.4, 0.5) is 0 Å². The highest BCUT2D eigenvalue weighted by Crippen LogP contribution is 2.45. The Bertz CT molecular complexity index is 949. The van der Waals surface area contributed by atoms with Crippen LogP contribution in [0.5, 0.6) is 17.2 Å². The van der Waals surface area contributed by atoms with Gasteiger partial charge in [0.1, 0.15) is 11.4 Å². The smallest absolute Gasteiger partial charge is 0.253 e. The third kappa shape index (κ3) is 4.56. The van der Waals surface area contributed by atoms with Crippen LogP contribution in [0.1, 0.15) is 54.9 Å². The Morgan fingerprint density at radius 2 is 1.88 bits per heavy atom. The van der Waals surface area contributed by atoms with Crippen molar-refractivity contribution >= 4 is 5.91 Å². The molecule has 1 amide bonds. The van der Waals surface area contributed by atoms with Crippen molar-refractivity contribution in [3.05, 3.63) is 53.6 Å². The van der Waals surface area contributed by atoms with Gasteiger partial charge in [-0.2, -0.15) is 0 Å². The van der Waals surface area contributed by atoms with Crippen LogP contribution in [0, 0.1) is 0 Å². The SMILES string of the molecule is COC[C@H]1CC2(CCN(C(=O)c3ccc(OC(C)C)c(OC)c3)CC2)Oc2ccccc21. The molecule has 2 heterocycles. The molecule has 1 saturated heterocycles. The standard InChI is InChI=1S/C26H33NO5/c1-18(2)31-23-10-9-19(15-24(23)30-4)25(28)27-13-11-26(12-14-27)16-20(17-29-3)21-7-5-6-8-22(21)32-26/h5-10,15,18,20H,11-14,16-17H2,1-4H3/t20-/m1/s1. The number of fused-ring (bicyclic) bond motifs is 1. The summed E-state index contributed by atoms with van der Waals surface area (Å²) in [7, 11) is 3.34. The predicted molar refractivity (Wildman–Crippen MR) is 123 cm³/mol. The number of rotatable bonds is 6. The van der Waals surface area contributed by atoms with E-state index in [1.165, 1.54) is 5.56 Å². The zero-order chi connectivity index (χ0) is 22.7. The second-order valence-electron chi connectivity index (χ2n) is 9.00. The molecule has 6 nitrogen and oxygen atoms in total. The number of piperidine rings is 1. The first-order valence-corrected chi connectivity index (χ1v) is 11.4. The third-order valence-electron chi connectivity index (χ3n) is 6.41. The van der Waals surface area contributed by atoms with Crippen LogP contribution >= 0.6 is 0 Å². The number of hydrogen-bond acceptors (Lipinski definition) is 5. The van der Waals surface area contributed by atoms with E-state index in [1.807, 2.05) is 43.0 Å². The molecule has 4 rings (SSSR count). The quantitative estimate of drug-likeness (QED) is 0.655. The van der Waals surface area contributed by atoms with Crippen LogP contribution in [0.25, 0.3) is 0 Å². The van der Waals surface area contributed by atoms with Gasteiger partial charge in [0.05, 0.1) is 19.8 Å². The Kier molecular flexibility index (Phi) is 6.60. The van der Waals surface area contributed by atoms with Crippen molar-refractivity contribution in [3.8, 4) is 17.2 Å². The number of hydrogen-bond donors (Lipinski definition) is 0. The number of amides is 1. The van der Waals surface area contributed by atoms with Crippen molar-refractivity contribution in [1.29, 1.82) is 0 Å². The van der Waals surface area contributed by atoms with Gasteiger partial charge in [0.15, 0.2) is 11.5 Å². The summed E-state index contributed by atoms with van der Waals surface area (Å²) < 4.78 is 23.3. The number of para-hydroxylation sites is 1. The van der Waals surface area contributed by atoms with E-state index in [-0.39, 0.29) is 17.6 Å². The largest absolute Gasteiger partial charge is 0.493 e. The van der Waals surface area contributed by atoms with E-state index in [2.05, 4.69) is 12.1 Å². The summed E-state index contributed by atoms with van der Waals surface area (Å²) in [5.74, 6) is 2.50. The molecule has 0 aromatic heterocycles. The zero-order valence-corrected chi connectivity index (χ0v) is 19.4. The maximum atomic E-state index is 13.2. The maximum Gasteiger partial charge on any atom is 0.253 e. The molecule has 0 bridgehead atoms. The van der Waals surface area contributed by atoms with Crippen LogP contribution in [0.15, 0.2) is 42.5 Å². The minimum Gasteiger partial charge on any atom is -0.493 e. The topological polar surface area (TPSA) is 57.2 Å². The molecule has 0 unspecified atom stereocenters. The zero-order valence-electron chi connectivity index (χ0n) is 19.4. The molecule has 172 valence electrons. The van der Waals surface area contributed by atoms with Gasteiger partial charge < -0.3 is 23.8 Å². The molecule has 0 radical (unpaired) electrons. The summed E-state index contributed by atoms with van der Waals surface area (Å²) in [6.45, 7) is 5.92. The summed E-state index contributed by atoms with van der Waals surface area (Å²) in [4.78, 5) is 15.1. The molecule has 2 aromatic rings. The van der Waals surface area contributed by atoms with Crippen LogP contribution in [0.2, 0.25) is 0 Å². The van der Waals surface area contributed by atoms with Crippen LogP contribution in [0.3, 0.4) is 0 Å². The van der Waals surface area contributed by atoms with Crippen LogP contribution in [-0.2, 0) is 4.74 Å². The Morgan fingerprint density at radius 1 is 1.12 bits per heavy atom. The number of carbonyl (C=O) groups is 1. The predicted octanol–water partition coefficient (Wildman–Crippen LogP) is 4.67. The van der Waals surface area contributed by atoms with Crippen molar-refractivity contribution < 1.29 is 23.7 Å². The second-order valence-corrected chi connectivity index (χ2v) is 9.00. The molecule has 2 aromatic carbocycles. The summed E-state index contributed by atoms with van der Waals surface area (Å²) in [6.07, 6.45) is 2.55. The van der Waals surface area contributed by atoms with E-state index in [0.29, 0.717) is 42.7 Å². The van der Waals surface area contributed by atoms with Gasteiger partial charge in [-0.3, -0.25) is 4.79 Å². The van der Waals surface area contributed by atoms with E-state index >= 15 is 0 Å². The van der Waals surface area contributed by atoms with E-state index in [1.54, 1.807) is 20.3 Å². The fraction of sp³-hybridized carbons (Fsp3) is 0.500. The van der Waals surface area contributed by atoms with Gasteiger partial charge >= 0.3 is 0 Å². The first-order chi connectivity index (χ1) is 15.4. The van der Waals surface area contributed by atoms with Gasteiger partial charge in [-0.15, -0.1) is 0 Å². The molecule has 6 heteroatoms. The van der Waals surface area contributed by atoms with Gasteiger partial charge in [0.25, 0.3) is 5.91 Å². The molecule has 1 spiro atoms. The first-order valence-electron chi connectivity index (χ1n) is 11.4. The lowest BCUT2D eigenvalue weighted by Crippen LogP contribution is -2.52. The number of methoxy groups -OCH3 is 2. The van der Waals surface area contributed by atoms with Crippen LogP contribution < -0.4 is 14.2 Å². The second kappa shape index (κ2) is 9.41. The monoisotopic (exact) mass is 439 g/mol. The first kappa shape index (κ1) is 22.5. The van der Waals surface area contributed by atoms with Gasteiger partial charge in [-0.25, -0.2) is 0 Å². The number of benzene rings is 2. The Labute approximate surface area is 190 Å². The van der Waals surface area contributed by atoms with Gasteiger partial charge in [-0.05, 0) is 50.1 Å². The lowest BCUT2D eigenvalue weighted by molar-refractivity contribution is -0.0251. The molecule has 2 aliphatic rings. The Morgan fingerprint density at radius 3 is 2.56 bits per heavy atom. The molecule has 0 N–H and O–H groups in total. The number of ether oxygens (including phenoxy) is 4. The lowest BCUT2D eigenvalue weighted by Gasteiger charge is -2.46. The van der Waals surface area contributed by atoms with E-state index < -0.39 is 0 Å². The van der Waals surface area contributed by atoms with E-state index in [9.17, 15) is 4.79 Å². The summed E-state index contributed by atoms with van der Waals surface area (Å²) >= 11 is 0. The van der Waals surface area contributed by atoms with Gasteiger partial charge in [0.2, 0.25) is 0 Å². The Balaban J connectivity index is 1.46. The number of carbonyl (C=O) groups excluding carboxylic acids is 1. The lowest BCUT2D eigenvalue weighted by atomic mass is 9.77. The van der Waals surface area contributed by atoms with Crippen molar-refractivity contribution in [3.63, 3.8) is 0 Å². The van der Waals surface area contributed by atoms with E-state index in [0.717, 1.165) is 25.0 Å². The average Bonchev–Trinajstić information content (AvgIpc) is 2.79. The van der Waals surface area contributed by atoms with Gasteiger partial charge in [-0.1, -0.05) is 18.2 Å². The van der Waals surface area contributed by atoms with Crippen molar-refractivity contribution in [1.82, 2.24) is 4.90 Å². The minimum atomic E-state index is -0.249. The maximum absolute atomic E-state index is 13.2. The fourth-order valence-electron chi connectivity index (χ4n) is 4.85. The van der Waals surface area contributed by atoms with E-state index in [4.69, 9.17) is 18.9 Å². The molecule has 32 heavy (non-hydrogen) atoms. The summed E-state index contributed by atoms with van der Waals surface area (Å²) in [5.41, 5.74) is 1.58. The minimum absolute atomic E-state index is 0.0129. The van der Waals surface area contributed by atoms with Crippen molar-refractivity contribution in [2.75, 3.05) is 33.9 Å². The summed E-state index contributed by atoms with van der Waals surface area (Å²) in [5, 5.41) is 0. The third-order valence-corrected chi connectivity index (χ3v) is 6.41. The highest BCUT2D eigenvalue weighted by Gasteiger charge is 2.44. The molecule has 1 fully saturated rings. The molecule has 0 saturated carbocycles. The van der Waals surface area contributed by atoms with Gasteiger partial charge in [0, 0.05) is 44.5 Å².